The SMILES string of the molecule is CCCCCCCCCCCCCCCCSC(CN)CCO. The molecule has 0 aromatic carbocycles. The molecular weight excluding hydrogens is 302 g/mol. The highest BCUT2D eigenvalue weighted by atomic mass is 32.2. The van der Waals surface area contributed by atoms with Crippen LogP contribution < -0.4 is 5.73 Å². The number of unbranched alkanes of at least 4 members (excludes halogenated alkanes) is 13. The van der Waals surface area contributed by atoms with Crippen molar-refractivity contribution in [1.29, 1.82) is 0 Å². The molecule has 0 spiro atoms. The molecule has 2 nitrogen and oxygen atoms in total. The van der Waals surface area contributed by atoms with E-state index in [2.05, 4.69) is 6.92 Å². The van der Waals surface area contributed by atoms with Gasteiger partial charge in [-0.25, -0.2) is 0 Å². The molecule has 23 heavy (non-hydrogen) atoms. The van der Waals surface area contributed by atoms with Crippen molar-refractivity contribution in [3.8, 4) is 0 Å². The predicted octanol–water partition coefficient (Wildman–Crippen LogP) is 5.91. The quantitative estimate of drug-likeness (QED) is 0.286. The standard InChI is InChI=1S/C20H43NOS/c1-2-3-4-5-6-7-8-9-10-11-12-13-14-15-18-23-20(19-21)16-17-22/h20,22H,2-19,21H2,1H3. The van der Waals surface area contributed by atoms with Gasteiger partial charge in [-0.2, -0.15) is 11.8 Å². The van der Waals surface area contributed by atoms with Crippen molar-refractivity contribution < 1.29 is 5.11 Å². The van der Waals surface area contributed by atoms with Crippen LogP contribution in [0, 0.1) is 0 Å². The van der Waals surface area contributed by atoms with Crippen molar-refractivity contribution in [3.63, 3.8) is 0 Å². The van der Waals surface area contributed by atoms with E-state index in [-0.39, 0.29) is 6.61 Å². The van der Waals surface area contributed by atoms with Crippen molar-refractivity contribution in [3.05, 3.63) is 0 Å². The van der Waals surface area contributed by atoms with Crippen molar-refractivity contribution in [2.75, 3.05) is 18.9 Å². The predicted molar refractivity (Wildman–Crippen MR) is 107 cm³/mol. The van der Waals surface area contributed by atoms with Gasteiger partial charge in [-0.1, -0.05) is 90.4 Å². The van der Waals surface area contributed by atoms with Crippen molar-refractivity contribution in [1.82, 2.24) is 0 Å². The first-order valence-electron chi connectivity index (χ1n) is 10.3. The first-order valence-corrected chi connectivity index (χ1v) is 11.3. The summed E-state index contributed by atoms with van der Waals surface area (Å²) in [6.45, 7) is 3.25. The molecule has 0 aromatic heterocycles. The summed E-state index contributed by atoms with van der Waals surface area (Å²) in [5, 5.41) is 9.38. The molecule has 3 heteroatoms. The Balaban J connectivity index is 3.07. The molecule has 0 fully saturated rings. The van der Waals surface area contributed by atoms with Gasteiger partial charge in [0.1, 0.15) is 0 Å². The highest BCUT2D eigenvalue weighted by molar-refractivity contribution is 7.99. The molecule has 0 amide bonds. The number of aliphatic hydroxyl groups is 1. The molecule has 3 N–H and O–H groups in total. The lowest BCUT2D eigenvalue weighted by Gasteiger charge is -2.12. The lowest BCUT2D eigenvalue weighted by molar-refractivity contribution is 0.287. The van der Waals surface area contributed by atoms with E-state index in [1.165, 1.54) is 95.6 Å². The molecule has 0 aliphatic carbocycles. The topological polar surface area (TPSA) is 46.2 Å². The van der Waals surface area contributed by atoms with E-state index in [0.29, 0.717) is 11.8 Å². The third kappa shape index (κ3) is 18.4. The minimum atomic E-state index is 0.271. The van der Waals surface area contributed by atoms with E-state index < -0.39 is 0 Å². The van der Waals surface area contributed by atoms with Crippen LogP contribution in [0.4, 0.5) is 0 Å². The van der Waals surface area contributed by atoms with Gasteiger partial charge in [0.05, 0.1) is 0 Å². The van der Waals surface area contributed by atoms with Crippen LogP contribution in [0.2, 0.25) is 0 Å². The maximum Gasteiger partial charge on any atom is 0.0442 e. The fraction of sp³-hybridized carbons (Fsp3) is 1.00. The number of nitrogens with two attached hydrogens (primary N) is 1. The summed E-state index contributed by atoms with van der Waals surface area (Å²) in [5.74, 6) is 1.21. The Kier molecular flexibility index (Phi) is 20.6. The van der Waals surface area contributed by atoms with E-state index in [1.54, 1.807) is 0 Å². The molecule has 0 saturated heterocycles. The first-order chi connectivity index (χ1) is 11.3. The van der Waals surface area contributed by atoms with Gasteiger partial charge in [0.15, 0.2) is 0 Å². The Morgan fingerprint density at radius 2 is 1.17 bits per heavy atom. The molecule has 0 radical (unpaired) electrons. The van der Waals surface area contributed by atoms with E-state index in [4.69, 9.17) is 10.8 Å². The van der Waals surface area contributed by atoms with Gasteiger partial charge in [0, 0.05) is 18.4 Å². The number of hydrogen-bond acceptors (Lipinski definition) is 3. The summed E-state index contributed by atoms with van der Waals surface area (Å²) in [7, 11) is 0. The molecule has 0 heterocycles. The smallest absolute Gasteiger partial charge is 0.0442 e. The van der Waals surface area contributed by atoms with Crippen LogP contribution in [0.3, 0.4) is 0 Å². The molecule has 0 saturated carbocycles. The van der Waals surface area contributed by atoms with Crippen LogP contribution in [-0.4, -0.2) is 29.3 Å². The summed E-state index contributed by atoms with van der Waals surface area (Å²) in [5.41, 5.74) is 5.69. The van der Waals surface area contributed by atoms with Gasteiger partial charge in [0.2, 0.25) is 0 Å². The van der Waals surface area contributed by atoms with Crippen LogP contribution in [0.5, 0.6) is 0 Å². The second kappa shape index (κ2) is 20.3. The molecule has 1 atom stereocenters. The van der Waals surface area contributed by atoms with Gasteiger partial charge < -0.3 is 10.8 Å². The third-order valence-electron chi connectivity index (χ3n) is 4.57. The number of thioether (sulfide) groups is 1. The minimum Gasteiger partial charge on any atom is -0.396 e. The molecule has 0 aliphatic rings. The largest absolute Gasteiger partial charge is 0.396 e. The molecule has 0 rings (SSSR count). The lowest BCUT2D eigenvalue weighted by atomic mass is 10.0. The summed E-state index contributed by atoms with van der Waals surface area (Å²) >= 11 is 1.95. The number of aliphatic hydroxyl groups excluding tert-OH is 1. The Bertz CT molecular complexity index is 214. The Morgan fingerprint density at radius 3 is 1.57 bits per heavy atom. The van der Waals surface area contributed by atoms with E-state index in [0.717, 1.165) is 6.42 Å². The van der Waals surface area contributed by atoms with Crippen molar-refractivity contribution >= 4 is 11.8 Å². The zero-order chi connectivity index (χ0) is 17.0. The Morgan fingerprint density at radius 1 is 0.739 bits per heavy atom. The lowest BCUT2D eigenvalue weighted by Crippen LogP contribution is -2.18. The highest BCUT2D eigenvalue weighted by Gasteiger charge is 2.05. The third-order valence-corrected chi connectivity index (χ3v) is 5.99. The molecule has 140 valence electrons. The summed E-state index contributed by atoms with van der Waals surface area (Å²) in [4.78, 5) is 0. The van der Waals surface area contributed by atoms with Gasteiger partial charge in [-0.05, 0) is 18.6 Å². The van der Waals surface area contributed by atoms with Gasteiger partial charge in [0.25, 0.3) is 0 Å². The van der Waals surface area contributed by atoms with Crippen LogP contribution in [0.1, 0.15) is 103 Å². The van der Waals surface area contributed by atoms with Gasteiger partial charge in [-0.15, -0.1) is 0 Å². The second-order valence-electron chi connectivity index (χ2n) is 6.84. The fourth-order valence-corrected chi connectivity index (χ4v) is 4.07. The van der Waals surface area contributed by atoms with E-state index in [1.807, 2.05) is 11.8 Å². The second-order valence-corrected chi connectivity index (χ2v) is 8.25. The molecule has 0 aliphatic heterocycles. The monoisotopic (exact) mass is 345 g/mol. The van der Waals surface area contributed by atoms with Crippen LogP contribution in [0.15, 0.2) is 0 Å². The first kappa shape index (κ1) is 23.3. The molecular formula is C20H43NOS. The summed E-state index contributed by atoms with van der Waals surface area (Å²) in [6.07, 6.45) is 20.7. The van der Waals surface area contributed by atoms with Crippen LogP contribution in [0.25, 0.3) is 0 Å². The molecule has 1 unspecified atom stereocenters. The van der Waals surface area contributed by atoms with Gasteiger partial charge in [-0.3, -0.25) is 0 Å². The Hall–Kier alpha value is 0.270. The molecule has 0 aromatic rings. The number of rotatable bonds is 19. The molecule has 0 bridgehead atoms. The van der Waals surface area contributed by atoms with Gasteiger partial charge >= 0.3 is 0 Å². The maximum absolute atomic E-state index is 8.92. The van der Waals surface area contributed by atoms with E-state index in [9.17, 15) is 0 Å². The van der Waals surface area contributed by atoms with Crippen molar-refractivity contribution in [2.45, 2.75) is 108 Å². The summed E-state index contributed by atoms with van der Waals surface area (Å²) in [6, 6.07) is 0. The average molecular weight is 346 g/mol. The Labute approximate surface area is 150 Å². The summed E-state index contributed by atoms with van der Waals surface area (Å²) < 4.78 is 0. The normalized spacial score (nSPS) is 12.7. The van der Waals surface area contributed by atoms with E-state index >= 15 is 0 Å². The zero-order valence-corrected chi connectivity index (χ0v) is 16.6. The van der Waals surface area contributed by atoms with Crippen molar-refractivity contribution in [2.24, 2.45) is 5.73 Å². The van der Waals surface area contributed by atoms with Crippen LogP contribution in [-0.2, 0) is 0 Å². The number of hydrogen-bond donors (Lipinski definition) is 2. The zero-order valence-electron chi connectivity index (χ0n) is 15.7. The highest BCUT2D eigenvalue weighted by Crippen LogP contribution is 2.17. The minimum absolute atomic E-state index is 0.271. The maximum atomic E-state index is 8.92. The van der Waals surface area contributed by atoms with Crippen LogP contribution >= 0.6 is 11.8 Å². The fourth-order valence-electron chi connectivity index (χ4n) is 2.96. The average Bonchev–Trinajstić information content (AvgIpc) is 2.57.